The van der Waals surface area contributed by atoms with Gasteiger partial charge in [-0.3, -0.25) is 4.79 Å². The quantitative estimate of drug-likeness (QED) is 0.0911. The molecule has 5 rings (SSSR count). The van der Waals surface area contributed by atoms with E-state index in [0.29, 0.717) is 0 Å². The first-order valence-electron chi connectivity index (χ1n) is 11.7. The van der Waals surface area contributed by atoms with E-state index in [1.54, 1.807) is 0 Å². The normalized spacial score (nSPS) is 11.7. The van der Waals surface area contributed by atoms with Crippen molar-refractivity contribution in [3.05, 3.63) is 111 Å². The molecule has 0 saturated carbocycles. The molecule has 43 heavy (non-hydrogen) atoms. The van der Waals surface area contributed by atoms with Gasteiger partial charge in [0, 0.05) is 38.7 Å². The van der Waals surface area contributed by atoms with Gasteiger partial charge in [-0.1, -0.05) is 11.6 Å². The molecule has 0 aliphatic carbocycles. The fourth-order valence-corrected chi connectivity index (χ4v) is 5.74. The molecule has 222 valence electrons. The van der Waals surface area contributed by atoms with Crippen LogP contribution in [0, 0.1) is 40.7 Å². The van der Waals surface area contributed by atoms with Crippen LogP contribution in [0.3, 0.4) is 0 Å². The topological polar surface area (TPSA) is 85.5 Å². The van der Waals surface area contributed by atoms with Gasteiger partial charge in [-0.05, 0) is 54.1 Å². The Morgan fingerprint density at radius 1 is 0.767 bits per heavy atom. The number of nitrogens with one attached hydrogen (secondary N) is 1. The molecule has 0 atom stereocenters. The molecule has 0 fully saturated rings. The highest BCUT2D eigenvalue weighted by Gasteiger charge is 2.33. The smallest absolute Gasteiger partial charge is 0.340 e. The molecule has 0 radical (unpaired) electrons. The van der Waals surface area contributed by atoms with Crippen molar-refractivity contribution in [2.45, 2.75) is 4.90 Å². The first-order valence-corrected chi connectivity index (χ1v) is 13.5. The van der Waals surface area contributed by atoms with Crippen LogP contribution in [0.1, 0.15) is 0 Å². The maximum atomic E-state index is 15.6. The lowest BCUT2D eigenvalue weighted by molar-refractivity contribution is 0.347. The molecule has 15 heteroatoms. The van der Waals surface area contributed by atoms with Gasteiger partial charge in [0.1, 0.15) is 22.3 Å². The van der Waals surface area contributed by atoms with Crippen molar-refractivity contribution < 1.29 is 48.1 Å². The fraction of sp³-hybridized carbons (Fsp3) is 0.0357. The standard InChI is InChI=1S/C28H13ClF7NO5S/c1-41-19-10-15(11-6-12(29)8-13(30)7-11)17(31)9-16(19)22-14-2-5-21(38)37-18(14)3-4-20(22)43(39,40)42-28-26(35)24(33)23(32)25(34)27(28)36/h2-10H,1H3,(H,37,38). The van der Waals surface area contributed by atoms with Crippen molar-refractivity contribution in [1.82, 2.24) is 4.98 Å². The zero-order chi connectivity index (χ0) is 31.4. The summed E-state index contributed by atoms with van der Waals surface area (Å²) >= 11 is 5.89. The van der Waals surface area contributed by atoms with Gasteiger partial charge in [-0.2, -0.15) is 17.2 Å². The summed E-state index contributed by atoms with van der Waals surface area (Å²) in [6.45, 7) is 0. The summed E-state index contributed by atoms with van der Waals surface area (Å²) < 4.78 is 136. The molecule has 5 aromatic rings. The maximum absolute atomic E-state index is 15.6. The second kappa shape index (κ2) is 10.9. The second-order valence-electron chi connectivity index (χ2n) is 8.85. The summed E-state index contributed by atoms with van der Waals surface area (Å²) in [6, 6.07) is 9.06. The highest BCUT2D eigenvalue weighted by Crippen LogP contribution is 2.43. The summed E-state index contributed by atoms with van der Waals surface area (Å²) in [5, 5.41) is -0.143. The second-order valence-corrected chi connectivity index (χ2v) is 10.8. The molecule has 0 aliphatic rings. The van der Waals surface area contributed by atoms with Crippen LogP contribution in [0.4, 0.5) is 30.7 Å². The van der Waals surface area contributed by atoms with Crippen LogP contribution in [-0.4, -0.2) is 20.5 Å². The minimum atomic E-state index is -5.47. The predicted octanol–water partition coefficient (Wildman–Crippen LogP) is 7.27. The number of ether oxygens (including phenoxy) is 1. The lowest BCUT2D eigenvalue weighted by atomic mass is 9.95. The Morgan fingerprint density at radius 3 is 2.05 bits per heavy atom. The summed E-state index contributed by atoms with van der Waals surface area (Å²) in [6.07, 6.45) is 0. The molecule has 4 aromatic carbocycles. The zero-order valence-corrected chi connectivity index (χ0v) is 22.7. The number of aromatic amines is 1. The Kier molecular flexibility index (Phi) is 7.60. The molecule has 0 spiro atoms. The minimum Gasteiger partial charge on any atom is -0.496 e. The van der Waals surface area contributed by atoms with Crippen molar-refractivity contribution in [3.8, 4) is 33.8 Å². The summed E-state index contributed by atoms with van der Waals surface area (Å²) in [5.74, 6) is -16.8. The molecule has 0 saturated heterocycles. The molecule has 0 amide bonds. The molecule has 0 bridgehead atoms. The van der Waals surface area contributed by atoms with E-state index in [2.05, 4.69) is 9.17 Å². The number of benzene rings is 4. The minimum absolute atomic E-state index is 0.00105. The monoisotopic (exact) mass is 643 g/mol. The maximum Gasteiger partial charge on any atom is 0.340 e. The van der Waals surface area contributed by atoms with E-state index in [1.165, 1.54) is 6.07 Å². The van der Waals surface area contributed by atoms with E-state index >= 15 is 4.39 Å². The Balaban J connectivity index is 1.80. The number of hydrogen-bond acceptors (Lipinski definition) is 5. The third-order valence-electron chi connectivity index (χ3n) is 6.23. The lowest BCUT2D eigenvalue weighted by Crippen LogP contribution is -2.16. The van der Waals surface area contributed by atoms with Crippen molar-refractivity contribution in [2.24, 2.45) is 0 Å². The molecule has 0 aliphatic heterocycles. The number of pyridine rings is 1. The Bertz CT molecular complexity index is 2090. The number of halogens is 8. The Morgan fingerprint density at radius 2 is 1.42 bits per heavy atom. The molecular formula is C28H13ClF7NO5S. The van der Waals surface area contributed by atoms with E-state index in [1.807, 2.05) is 0 Å². The Hall–Kier alpha value is -4.56. The largest absolute Gasteiger partial charge is 0.496 e. The number of aromatic nitrogens is 1. The van der Waals surface area contributed by atoms with Crippen molar-refractivity contribution in [3.63, 3.8) is 0 Å². The molecule has 0 unspecified atom stereocenters. The van der Waals surface area contributed by atoms with Gasteiger partial charge < -0.3 is 13.9 Å². The van der Waals surface area contributed by atoms with E-state index in [0.717, 1.165) is 55.6 Å². The average Bonchev–Trinajstić information content (AvgIpc) is 2.95. The zero-order valence-electron chi connectivity index (χ0n) is 21.2. The summed E-state index contributed by atoms with van der Waals surface area (Å²) in [4.78, 5) is 13.4. The number of H-pyrrole nitrogens is 1. The third kappa shape index (κ3) is 5.27. The molecule has 6 nitrogen and oxygen atoms in total. The molecule has 1 N–H and O–H groups in total. The fourth-order valence-electron chi connectivity index (χ4n) is 4.36. The molecule has 1 heterocycles. The van der Waals surface area contributed by atoms with E-state index in [-0.39, 0.29) is 38.4 Å². The van der Waals surface area contributed by atoms with Gasteiger partial charge in [0.2, 0.25) is 40.4 Å². The van der Waals surface area contributed by atoms with Gasteiger partial charge in [-0.15, -0.1) is 0 Å². The summed E-state index contributed by atoms with van der Waals surface area (Å²) in [5.41, 5.74) is -1.63. The van der Waals surface area contributed by atoms with Crippen molar-refractivity contribution in [1.29, 1.82) is 0 Å². The highest BCUT2D eigenvalue weighted by molar-refractivity contribution is 7.87. The van der Waals surface area contributed by atoms with Crippen molar-refractivity contribution >= 4 is 32.6 Å². The Labute approximate surface area is 242 Å². The van der Waals surface area contributed by atoms with Crippen LogP contribution in [0.5, 0.6) is 11.5 Å². The highest BCUT2D eigenvalue weighted by atomic mass is 35.5. The van der Waals surface area contributed by atoms with Crippen LogP contribution >= 0.6 is 11.6 Å². The van der Waals surface area contributed by atoms with Crippen LogP contribution in [-0.2, 0) is 10.1 Å². The van der Waals surface area contributed by atoms with Gasteiger partial charge in [0.15, 0.2) is 0 Å². The average molecular weight is 644 g/mol. The first-order chi connectivity index (χ1) is 20.2. The van der Waals surface area contributed by atoms with E-state index < -0.39 is 72.6 Å². The van der Waals surface area contributed by atoms with E-state index in [9.17, 15) is 39.6 Å². The van der Waals surface area contributed by atoms with Crippen LogP contribution in [0.25, 0.3) is 33.2 Å². The summed E-state index contributed by atoms with van der Waals surface area (Å²) in [7, 11) is -4.34. The first kappa shape index (κ1) is 29.9. The molecular weight excluding hydrogens is 631 g/mol. The van der Waals surface area contributed by atoms with Crippen molar-refractivity contribution in [2.75, 3.05) is 7.11 Å². The van der Waals surface area contributed by atoms with Gasteiger partial charge >= 0.3 is 10.1 Å². The van der Waals surface area contributed by atoms with Gasteiger partial charge in [0.25, 0.3) is 0 Å². The van der Waals surface area contributed by atoms with E-state index in [4.69, 9.17) is 16.3 Å². The number of methoxy groups -OCH3 is 1. The SMILES string of the molecule is COc1cc(-c2cc(F)cc(Cl)c2)c(F)cc1-c1c(S(=O)(=O)Oc2c(F)c(F)c(F)c(F)c2F)ccc2[nH]c(=O)ccc12. The molecule has 1 aromatic heterocycles. The number of fused-ring (bicyclic) bond motifs is 1. The van der Waals surface area contributed by atoms with Crippen LogP contribution in [0.15, 0.2) is 64.3 Å². The lowest BCUT2D eigenvalue weighted by Gasteiger charge is -2.18. The number of rotatable bonds is 6. The van der Waals surface area contributed by atoms with Gasteiger partial charge in [-0.25, -0.2) is 22.0 Å². The predicted molar refractivity (Wildman–Crippen MR) is 141 cm³/mol. The van der Waals surface area contributed by atoms with Crippen LogP contribution in [0.2, 0.25) is 5.02 Å². The number of hydrogen-bond donors (Lipinski definition) is 1. The van der Waals surface area contributed by atoms with Gasteiger partial charge in [0.05, 0.1) is 7.11 Å². The third-order valence-corrected chi connectivity index (χ3v) is 7.71. The van der Waals surface area contributed by atoms with Crippen LogP contribution < -0.4 is 14.5 Å².